The van der Waals surface area contributed by atoms with E-state index >= 15 is 0 Å². The fraction of sp³-hybridized carbons (Fsp3) is 0.368. The summed E-state index contributed by atoms with van der Waals surface area (Å²) in [6, 6.07) is 15.1. The van der Waals surface area contributed by atoms with Crippen LogP contribution in [0.2, 0.25) is 0 Å². The smallest absolute Gasteiger partial charge is 0.122 e. The van der Waals surface area contributed by atoms with Gasteiger partial charge < -0.3 is 10.1 Å². The van der Waals surface area contributed by atoms with E-state index < -0.39 is 0 Å². The van der Waals surface area contributed by atoms with Crippen LogP contribution < -0.4 is 10.1 Å². The lowest BCUT2D eigenvalue weighted by Gasteiger charge is -2.15. The van der Waals surface area contributed by atoms with Crippen molar-refractivity contribution in [3.8, 4) is 5.75 Å². The first-order chi connectivity index (χ1) is 10.1. The van der Waals surface area contributed by atoms with Crippen LogP contribution in [-0.4, -0.2) is 6.04 Å². The third-order valence-corrected chi connectivity index (χ3v) is 3.76. The van der Waals surface area contributed by atoms with Gasteiger partial charge in [-0.1, -0.05) is 50.2 Å². The minimum atomic E-state index is 0.484. The van der Waals surface area contributed by atoms with Gasteiger partial charge in [-0.25, -0.2) is 0 Å². The van der Waals surface area contributed by atoms with E-state index in [1.54, 1.807) is 0 Å². The van der Waals surface area contributed by atoms with E-state index in [9.17, 15) is 0 Å². The summed E-state index contributed by atoms with van der Waals surface area (Å²) in [4.78, 5) is 0. The summed E-state index contributed by atoms with van der Waals surface area (Å²) in [6.07, 6.45) is 0. The Morgan fingerprint density at radius 2 is 1.67 bits per heavy atom. The van der Waals surface area contributed by atoms with E-state index in [4.69, 9.17) is 4.74 Å². The van der Waals surface area contributed by atoms with E-state index in [0.717, 1.165) is 12.3 Å². The van der Waals surface area contributed by atoms with Crippen molar-refractivity contribution in [3.05, 3.63) is 64.7 Å². The van der Waals surface area contributed by atoms with Crippen molar-refractivity contribution in [3.63, 3.8) is 0 Å². The van der Waals surface area contributed by atoms with E-state index in [2.05, 4.69) is 63.3 Å². The molecular formula is C19H25NO. The molecule has 0 aliphatic rings. The molecule has 0 saturated carbocycles. The summed E-state index contributed by atoms with van der Waals surface area (Å²) in [5, 5.41) is 3.47. The maximum Gasteiger partial charge on any atom is 0.122 e. The minimum Gasteiger partial charge on any atom is -0.489 e. The molecule has 0 aromatic heterocycles. The molecule has 2 rings (SSSR count). The second kappa shape index (κ2) is 7.28. The van der Waals surface area contributed by atoms with Crippen LogP contribution >= 0.6 is 0 Å². The molecule has 0 unspecified atom stereocenters. The second-order valence-corrected chi connectivity index (χ2v) is 5.79. The van der Waals surface area contributed by atoms with Gasteiger partial charge in [-0.15, -0.1) is 0 Å². The number of aryl methyl sites for hydroxylation is 1. The average Bonchev–Trinajstić information content (AvgIpc) is 2.47. The number of benzene rings is 2. The highest BCUT2D eigenvalue weighted by Gasteiger charge is 2.06. The van der Waals surface area contributed by atoms with Gasteiger partial charge in [0.25, 0.3) is 0 Å². The van der Waals surface area contributed by atoms with Crippen LogP contribution in [0.25, 0.3) is 0 Å². The molecular weight excluding hydrogens is 258 g/mol. The maximum atomic E-state index is 6.02. The molecule has 2 heteroatoms. The number of hydrogen-bond acceptors (Lipinski definition) is 2. The quantitative estimate of drug-likeness (QED) is 0.849. The predicted octanol–water partition coefficient (Wildman–Crippen LogP) is 4.38. The molecule has 2 aromatic rings. The normalized spacial score (nSPS) is 10.9. The third-order valence-electron chi connectivity index (χ3n) is 3.76. The van der Waals surface area contributed by atoms with Crippen LogP contribution in [0, 0.1) is 13.8 Å². The molecule has 0 amide bonds. The van der Waals surface area contributed by atoms with E-state index in [0.29, 0.717) is 12.6 Å². The van der Waals surface area contributed by atoms with Crippen molar-refractivity contribution in [1.82, 2.24) is 5.32 Å². The largest absolute Gasteiger partial charge is 0.489 e. The number of hydrogen-bond donors (Lipinski definition) is 1. The van der Waals surface area contributed by atoms with E-state index in [-0.39, 0.29) is 0 Å². The Morgan fingerprint density at radius 1 is 0.952 bits per heavy atom. The van der Waals surface area contributed by atoms with Gasteiger partial charge >= 0.3 is 0 Å². The van der Waals surface area contributed by atoms with Gasteiger partial charge in [0.15, 0.2) is 0 Å². The van der Waals surface area contributed by atoms with E-state index in [1.165, 1.54) is 22.3 Å². The molecule has 0 atom stereocenters. The zero-order chi connectivity index (χ0) is 15.2. The zero-order valence-corrected chi connectivity index (χ0v) is 13.4. The lowest BCUT2D eigenvalue weighted by molar-refractivity contribution is 0.302. The third kappa shape index (κ3) is 4.33. The number of ether oxygens (including phenoxy) is 1. The monoisotopic (exact) mass is 283 g/mol. The molecule has 0 bridgehead atoms. The van der Waals surface area contributed by atoms with Crippen molar-refractivity contribution in [2.45, 2.75) is 46.9 Å². The Kier molecular flexibility index (Phi) is 5.40. The molecule has 2 aromatic carbocycles. The summed E-state index contributed by atoms with van der Waals surface area (Å²) < 4.78 is 6.02. The fourth-order valence-corrected chi connectivity index (χ4v) is 2.22. The highest BCUT2D eigenvalue weighted by atomic mass is 16.5. The Morgan fingerprint density at radius 3 is 2.38 bits per heavy atom. The molecule has 2 nitrogen and oxygen atoms in total. The predicted molar refractivity (Wildman–Crippen MR) is 88.7 cm³/mol. The summed E-state index contributed by atoms with van der Waals surface area (Å²) in [5.74, 6) is 0.974. The van der Waals surface area contributed by atoms with E-state index in [1.807, 2.05) is 12.1 Å². The molecule has 1 N–H and O–H groups in total. The van der Waals surface area contributed by atoms with Crippen LogP contribution in [0.3, 0.4) is 0 Å². The molecule has 0 spiro atoms. The molecule has 0 aliphatic heterocycles. The fourth-order valence-electron chi connectivity index (χ4n) is 2.22. The van der Waals surface area contributed by atoms with Gasteiger partial charge in [-0.05, 0) is 42.2 Å². The lowest BCUT2D eigenvalue weighted by atomic mass is 10.1. The van der Waals surface area contributed by atoms with Crippen LogP contribution in [0.1, 0.15) is 36.1 Å². The zero-order valence-electron chi connectivity index (χ0n) is 13.4. The summed E-state index contributed by atoms with van der Waals surface area (Å²) >= 11 is 0. The maximum absolute atomic E-state index is 6.02. The Hall–Kier alpha value is -1.80. The summed E-state index contributed by atoms with van der Waals surface area (Å²) in [6.45, 7) is 10.0. The van der Waals surface area contributed by atoms with Gasteiger partial charge in [0.05, 0.1) is 0 Å². The first-order valence-electron chi connectivity index (χ1n) is 7.57. The first kappa shape index (κ1) is 15.6. The van der Waals surface area contributed by atoms with Gasteiger partial charge in [0.2, 0.25) is 0 Å². The average molecular weight is 283 g/mol. The summed E-state index contributed by atoms with van der Waals surface area (Å²) in [7, 11) is 0. The van der Waals surface area contributed by atoms with Gasteiger partial charge in [-0.3, -0.25) is 0 Å². The highest BCUT2D eigenvalue weighted by Crippen LogP contribution is 2.22. The molecule has 0 heterocycles. The van der Waals surface area contributed by atoms with Gasteiger partial charge in [0, 0.05) is 12.6 Å². The topological polar surface area (TPSA) is 21.3 Å². The van der Waals surface area contributed by atoms with Crippen molar-refractivity contribution < 1.29 is 4.74 Å². The number of nitrogens with one attached hydrogen (secondary N) is 1. The Balaban J connectivity index is 2.07. The SMILES string of the molecule is Cc1cccc(OCc2ccccc2CNC(C)C)c1C. The number of rotatable bonds is 6. The highest BCUT2D eigenvalue weighted by molar-refractivity contribution is 5.38. The van der Waals surface area contributed by atoms with Crippen LogP contribution in [0.5, 0.6) is 5.75 Å². The molecule has 21 heavy (non-hydrogen) atoms. The molecule has 112 valence electrons. The molecule has 0 saturated heterocycles. The molecule has 0 aliphatic carbocycles. The van der Waals surface area contributed by atoms with Gasteiger partial charge in [-0.2, -0.15) is 0 Å². The van der Waals surface area contributed by atoms with Crippen molar-refractivity contribution in [2.75, 3.05) is 0 Å². The van der Waals surface area contributed by atoms with Crippen LogP contribution in [-0.2, 0) is 13.2 Å². The second-order valence-electron chi connectivity index (χ2n) is 5.79. The van der Waals surface area contributed by atoms with Crippen LogP contribution in [0.4, 0.5) is 0 Å². The summed E-state index contributed by atoms with van der Waals surface area (Å²) in [5.41, 5.74) is 5.03. The van der Waals surface area contributed by atoms with Crippen molar-refractivity contribution in [2.24, 2.45) is 0 Å². The van der Waals surface area contributed by atoms with Crippen molar-refractivity contribution >= 4 is 0 Å². The first-order valence-corrected chi connectivity index (χ1v) is 7.57. The lowest BCUT2D eigenvalue weighted by Crippen LogP contribution is -2.22. The van der Waals surface area contributed by atoms with Crippen LogP contribution in [0.15, 0.2) is 42.5 Å². The molecule has 0 radical (unpaired) electrons. The minimum absolute atomic E-state index is 0.484. The standard InChI is InChI=1S/C19H25NO/c1-14(2)20-12-17-9-5-6-10-18(17)13-21-19-11-7-8-15(3)16(19)4/h5-11,14,20H,12-13H2,1-4H3. The van der Waals surface area contributed by atoms with Gasteiger partial charge in [0.1, 0.15) is 12.4 Å². The Bertz CT molecular complexity index is 590. The Labute approximate surface area is 128 Å². The molecule has 0 fully saturated rings. The van der Waals surface area contributed by atoms with Crippen molar-refractivity contribution in [1.29, 1.82) is 0 Å².